The number of carbonyl (C=O) groups excluding carboxylic acids is 1. The van der Waals surface area contributed by atoms with Gasteiger partial charge < -0.3 is 15.0 Å². The molecule has 0 atom stereocenters. The van der Waals surface area contributed by atoms with Crippen molar-refractivity contribution < 1.29 is 9.53 Å². The van der Waals surface area contributed by atoms with E-state index in [1.165, 1.54) is 0 Å². The van der Waals surface area contributed by atoms with Crippen LogP contribution in [-0.4, -0.2) is 28.0 Å². The molecular formula is C20H16N4O2. The zero-order valence-corrected chi connectivity index (χ0v) is 14.1. The standard InChI is InChI=1S/C20H16N4O2/c1-26-16-5-2-13(3-6-16)19-23-17-7-4-15(12-18(17)24-19)22-20(25)14-8-10-21-11-9-14/h2-12H,1H3,(H,22,25)(H,23,24). The summed E-state index contributed by atoms with van der Waals surface area (Å²) < 4.78 is 5.18. The van der Waals surface area contributed by atoms with Gasteiger partial charge >= 0.3 is 0 Å². The summed E-state index contributed by atoms with van der Waals surface area (Å²) in [5.41, 5.74) is 3.90. The fourth-order valence-electron chi connectivity index (χ4n) is 2.68. The number of nitrogens with one attached hydrogen (secondary N) is 2. The van der Waals surface area contributed by atoms with E-state index in [0.29, 0.717) is 11.3 Å². The van der Waals surface area contributed by atoms with Crippen LogP contribution in [0.25, 0.3) is 22.4 Å². The molecule has 0 spiro atoms. The van der Waals surface area contributed by atoms with Crippen LogP contribution in [0.5, 0.6) is 5.75 Å². The average molecular weight is 344 g/mol. The van der Waals surface area contributed by atoms with Crippen molar-refractivity contribution in [2.45, 2.75) is 0 Å². The zero-order valence-electron chi connectivity index (χ0n) is 14.1. The summed E-state index contributed by atoms with van der Waals surface area (Å²) in [5.74, 6) is 1.38. The molecule has 0 saturated heterocycles. The Morgan fingerprint density at radius 2 is 1.81 bits per heavy atom. The largest absolute Gasteiger partial charge is 0.497 e. The number of ether oxygens (including phenoxy) is 1. The third-order valence-electron chi connectivity index (χ3n) is 4.05. The van der Waals surface area contributed by atoms with Gasteiger partial charge in [-0.05, 0) is 54.6 Å². The number of methoxy groups -OCH3 is 1. The second kappa shape index (κ2) is 6.68. The van der Waals surface area contributed by atoms with Crippen LogP contribution < -0.4 is 10.1 Å². The summed E-state index contributed by atoms with van der Waals surface area (Å²) in [6.45, 7) is 0. The normalized spacial score (nSPS) is 10.7. The Balaban J connectivity index is 1.60. The van der Waals surface area contributed by atoms with E-state index in [4.69, 9.17) is 4.74 Å². The van der Waals surface area contributed by atoms with Gasteiger partial charge in [0.15, 0.2) is 0 Å². The number of benzene rings is 2. The monoisotopic (exact) mass is 344 g/mol. The van der Waals surface area contributed by atoms with Crippen molar-refractivity contribution in [2.24, 2.45) is 0 Å². The molecule has 6 heteroatoms. The van der Waals surface area contributed by atoms with E-state index in [1.807, 2.05) is 42.5 Å². The molecule has 0 fully saturated rings. The van der Waals surface area contributed by atoms with Crippen molar-refractivity contribution in [1.82, 2.24) is 15.0 Å². The van der Waals surface area contributed by atoms with Gasteiger partial charge in [-0.25, -0.2) is 4.98 Å². The molecule has 2 N–H and O–H groups in total. The number of hydrogen-bond donors (Lipinski definition) is 2. The van der Waals surface area contributed by atoms with Crippen LogP contribution in [0, 0.1) is 0 Å². The minimum Gasteiger partial charge on any atom is -0.497 e. The highest BCUT2D eigenvalue weighted by molar-refractivity contribution is 6.04. The molecule has 0 unspecified atom stereocenters. The molecule has 2 aromatic carbocycles. The Labute approximate surface area is 149 Å². The lowest BCUT2D eigenvalue weighted by Gasteiger charge is -2.04. The molecule has 4 aromatic rings. The van der Waals surface area contributed by atoms with Crippen molar-refractivity contribution in [2.75, 3.05) is 12.4 Å². The molecule has 0 aliphatic heterocycles. The highest BCUT2D eigenvalue weighted by Gasteiger charge is 2.09. The van der Waals surface area contributed by atoms with Crippen LogP contribution >= 0.6 is 0 Å². The van der Waals surface area contributed by atoms with Gasteiger partial charge in [-0.15, -0.1) is 0 Å². The van der Waals surface area contributed by atoms with E-state index in [9.17, 15) is 4.79 Å². The second-order valence-electron chi connectivity index (χ2n) is 5.74. The van der Waals surface area contributed by atoms with E-state index >= 15 is 0 Å². The van der Waals surface area contributed by atoms with Crippen molar-refractivity contribution in [1.29, 1.82) is 0 Å². The molecule has 0 aliphatic carbocycles. The first-order valence-corrected chi connectivity index (χ1v) is 8.08. The van der Waals surface area contributed by atoms with Crippen LogP contribution in [0.1, 0.15) is 10.4 Å². The van der Waals surface area contributed by atoms with Crippen molar-refractivity contribution >= 4 is 22.6 Å². The Kier molecular flexibility index (Phi) is 4.07. The summed E-state index contributed by atoms with van der Waals surface area (Å²) >= 11 is 0. The van der Waals surface area contributed by atoms with Gasteiger partial charge in [0, 0.05) is 29.2 Å². The molecular weight excluding hydrogens is 328 g/mol. The van der Waals surface area contributed by atoms with Crippen molar-refractivity contribution in [3.63, 3.8) is 0 Å². The van der Waals surface area contributed by atoms with Gasteiger partial charge in [0.05, 0.1) is 18.1 Å². The van der Waals surface area contributed by atoms with E-state index in [2.05, 4.69) is 20.3 Å². The number of imidazole rings is 1. The van der Waals surface area contributed by atoms with Crippen molar-refractivity contribution in [3.05, 3.63) is 72.6 Å². The number of fused-ring (bicyclic) bond motifs is 1. The molecule has 2 aromatic heterocycles. The first-order chi connectivity index (χ1) is 12.7. The topological polar surface area (TPSA) is 79.9 Å². The van der Waals surface area contributed by atoms with Crippen LogP contribution in [-0.2, 0) is 0 Å². The van der Waals surface area contributed by atoms with Gasteiger partial charge in [-0.3, -0.25) is 9.78 Å². The number of rotatable bonds is 4. The fourth-order valence-corrected chi connectivity index (χ4v) is 2.68. The average Bonchev–Trinajstić information content (AvgIpc) is 3.12. The minimum absolute atomic E-state index is 0.179. The van der Waals surface area contributed by atoms with Gasteiger partial charge in [-0.1, -0.05) is 0 Å². The van der Waals surface area contributed by atoms with Gasteiger partial charge in [0.2, 0.25) is 0 Å². The molecule has 0 radical (unpaired) electrons. The maximum absolute atomic E-state index is 12.3. The molecule has 6 nitrogen and oxygen atoms in total. The van der Waals surface area contributed by atoms with Crippen molar-refractivity contribution in [3.8, 4) is 17.1 Å². The highest BCUT2D eigenvalue weighted by Crippen LogP contribution is 2.24. The Morgan fingerprint density at radius 3 is 2.54 bits per heavy atom. The van der Waals surface area contributed by atoms with E-state index in [0.717, 1.165) is 28.2 Å². The summed E-state index contributed by atoms with van der Waals surface area (Å²) in [6, 6.07) is 16.6. The van der Waals surface area contributed by atoms with Gasteiger partial charge in [0.1, 0.15) is 11.6 Å². The first-order valence-electron chi connectivity index (χ1n) is 8.08. The number of nitrogens with zero attached hydrogens (tertiary/aromatic N) is 2. The number of aromatic amines is 1. The number of H-pyrrole nitrogens is 1. The molecule has 0 bridgehead atoms. The number of pyridine rings is 1. The Morgan fingerprint density at radius 1 is 1.04 bits per heavy atom. The number of anilines is 1. The third-order valence-corrected chi connectivity index (χ3v) is 4.05. The number of amides is 1. The minimum atomic E-state index is -0.179. The maximum Gasteiger partial charge on any atom is 0.255 e. The molecule has 0 aliphatic rings. The van der Waals surface area contributed by atoms with E-state index in [1.54, 1.807) is 31.6 Å². The summed E-state index contributed by atoms with van der Waals surface area (Å²) in [7, 11) is 1.64. The molecule has 26 heavy (non-hydrogen) atoms. The van der Waals surface area contributed by atoms with Crippen LogP contribution in [0.2, 0.25) is 0 Å². The van der Waals surface area contributed by atoms with E-state index in [-0.39, 0.29) is 5.91 Å². The third kappa shape index (κ3) is 3.12. The second-order valence-corrected chi connectivity index (χ2v) is 5.74. The molecule has 2 heterocycles. The number of carbonyl (C=O) groups is 1. The van der Waals surface area contributed by atoms with Gasteiger partial charge in [0.25, 0.3) is 5.91 Å². The number of aromatic nitrogens is 3. The Hall–Kier alpha value is -3.67. The summed E-state index contributed by atoms with van der Waals surface area (Å²) in [5, 5.41) is 2.88. The highest BCUT2D eigenvalue weighted by atomic mass is 16.5. The fraction of sp³-hybridized carbons (Fsp3) is 0.0500. The summed E-state index contributed by atoms with van der Waals surface area (Å²) in [4.78, 5) is 24.1. The van der Waals surface area contributed by atoms with Crippen LogP contribution in [0.4, 0.5) is 5.69 Å². The molecule has 4 rings (SSSR count). The molecule has 128 valence electrons. The summed E-state index contributed by atoms with van der Waals surface area (Å²) in [6.07, 6.45) is 3.18. The van der Waals surface area contributed by atoms with Gasteiger partial charge in [-0.2, -0.15) is 0 Å². The van der Waals surface area contributed by atoms with E-state index < -0.39 is 0 Å². The zero-order chi connectivity index (χ0) is 17.9. The quantitative estimate of drug-likeness (QED) is 0.589. The first kappa shape index (κ1) is 15.8. The van der Waals surface area contributed by atoms with Crippen LogP contribution in [0.3, 0.4) is 0 Å². The predicted molar refractivity (Wildman–Crippen MR) is 100 cm³/mol. The molecule has 0 saturated carbocycles. The Bertz CT molecular complexity index is 1060. The smallest absolute Gasteiger partial charge is 0.255 e. The number of hydrogen-bond acceptors (Lipinski definition) is 4. The lowest BCUT2D eigenvalue weighted by atomic mass is 10.2. The van der Waals surface area contributed by atoms with Crippen LogP contribution in [0.15, 0.2) is 67.0 Å². The maximum atomic E-state index is 12.3. The lowest BCUT2D eigenvalue weighted by molar-refractivity contribution is 0.102. The lowest BCUT2D eigenvalue weighted by Crippen LogP contribution is -2.11. The predicted octanol–water partition coefficient (Wildman–Crippen LogP) is 3.89. The molecule has 1 amide bonds. The SMILES string of the molecule is COc1ccc(-c2nc3ccc(NC(=O)c4ccncc4)cc3[nH]2)cc1.